The number of carbonyl (C=O) groups excluding carboxylic acids is 2. The van der Waals surface area contributed by atoms with Gasteiger partial charge >= 0.3 is 5.97 Å². The molecule has 0 saturated carbocycles. The third-order valence-electron chi connectivity index (χ3n) is 4.96. The molecule has 4 rings (SSSR count). The molecule has 1 N–H and O–H groups in total. The van der Waals surface area contributed by atoms with Gasteiger partial charge in [0.2, 0.25) is 0 Å². The maximum atomic E-state index is 12.4. The Morgan fingerprint density at radius 1 is 1.24 bits per heavy atom. The Morgan fingerprint density at radius 3 is 2.76 bits per heavy atom. The molecule has 1 aliphatic heterocycles. The number of nitrogens with one attached hydrogen (secondary N) is 1. The van der Waals surface area contributed by atoms with Crippen molar-refractivity contribution in [1.82, 2.24) is 4.98 Å². The number of halogens is 1. The second-order valence-electron chi connectivity index (χ2n) is 7.23. The Kier molecular flexibility index (Phi) is 7.50. The molecule has 0 aliphatic carbocycles. The lowest BCUT2D eigenvalue weighted by Crippen LogP contribution is -2.36. The number of nitro groups is 1. The molecule has 0 spiro atoms. The summed E-state index contributed by atoms with van der Waals surface area (Å²) in [6.07, 6.45) is 0. The lowest BCUT2D eigenvalue weighted by atomic mass is 10.1. The number of carbonyl (C=O) groups is 2. The van der Waals surface area contributed by atoms with Gasteiger partial charge in [0.25, 0.3) is 11.6 Å². The third kappa shape index (κ3) is 5.76. The van der Waals surface area contributed by atoms with Crippen LogP contribution in [0.3, 0.4) is 0 Å². The maximum Gasteiger partial charge on any atom is 0.338 e. The number of benzene rings is 2. The lowest BCUT2D eigenvalue weighted by Gasteiger charge is -2.28. The minimum atomic E-state index is -0.833. The molecule has 1 aliphatic rings. The van der Waals surface area contributed by atoms with Crippen LogP contribution in [0.25, 0.3) is 11.3 Å². The summed E-state index contributed by atoms with van der Waals surface area (Å²) in [6, 6.07) is 11.7. The van der Waals surface area contributed by atoms with Crippen LogP contribution in [0.4, 0.5) is 16.5 Å². The highest BCUT2D eigenvalue weighted by atomic mass is 79.9. The molecular weight excluding hydrogens is 528 g/mol. The molecule has 3 aromatic rings. The van der Waals surface area contributed by atoms with E-state index in [4.69, 9.17) is 9.47 Å². The van der Waals surface area contributed by atoms with Crippen molar-refractivity contribution >= 4 is 55.6 Å². The molecule has 34 heavy (non-hydrogen) atoms. The standard InChI is InChI=1S/C22H19BrN4O6S/c23-16-3-1-2-14(10-16)17-13-34-22(24-17)25-20(28)12-33-21(29)15-4-5-18(19(11-15)27(30)31)26-6-8-32-9-7-26/h1-5,10-11,13H,6-9,12H2,(H,24,25,28). The molecule has 0 bridgehead atoms. The van der Waals surface area contributed by atoms with Crippen molar-refractivity contribution in [3.05, 3.63) is 68.0 Å². The van der Waals surface area contributed by atoms with Gasteiger partial charge in [-0.2, -0.15) is 0 Å². The van der Waals surface area contributed by atoms with E-state index in [1.54, 1.807) is 5.38 Å². The fraction of sp³-hybridized carbons (Fsp3) is 0.227. The number of morpholine rings is 1. The Bertz CT molecular complexity index is 1230. The predicted octanol–water partition coefficient (Wildman–Crippen LogP) is 4.11. The van der Waals surface area contributed by atoms with Crippen LogP contribution in [-0.2, 0) is 14.3 Å². The first-order valence-electron chi connectivity index (χ1n) is 10.2. The van der Waals surface area contributed by atoms with Crippen LogP contribution in [-0.4, -0.2) is 54.7 Å². The zero-order chi connectivity index (χ0) is 24.1. The predicted molar refractivity (Wildman–Crippen MR) is 130 cm³/mol. The van der Waals surface area contributed by atoms with Crippen LogP contribution in [0.15, 0.2) is 52.3 Å². The summed E-state index contributed by atoms with van der Waals surface area (Å²) in [6.45, 7) is 1.43. The van der Waals surface area contributed by atoms with Crippen molar-refractivity contribution in [2.75, 3.05) is 43.1 Å². The summed E-state index contributed by atoms with van der Waals surface area (Å²) in [5.74, 6) is -1.40. The van der Waals surface area contributed by atoms with E-state index < -0.39 is 23.4 Å². The third-order valence-corrected chi connectivity index (χ3v) is 6.22. The van der Waals surface area contributed by atoms with Gasteiger partial charge in [-0.05, 0) is 24.3 Å². The Hall–Kier alpha value is -3.35. The van der Waals surface area contributed by atoms with E-state index in [1.165, 1.54) is 23.5 Å². The van der Waals surface area contributed by atoms with Crippen molar-refractivity contribution in [2.24, 2.45) is 0 Å². The number of anilines is 2. The summed E-state index contributed by atoms with van der Waals surface area (Å²) in [4.78, 5) is 41.9. The van der Waals surface area contributed by atoms with Gasteiger partial charge < -0.3 is 14.4 Å². The first kappa shape index (κ1) is 23.8. The van der Waals surface area contributed by atoms with E-state index in [2.05, 4.69) is 26.2 Å². The fourth-order valence-electron chi connectivity index (χ4n) is 3.35. The number of ether oxygens (including phenoxy) is 2. The zero-order valence-corrected chi connectivity index (χ0v) is 20.1. The van der Waals surface area contributed by atoms with Crippen LogP contribution in [0.1, 0.15) is 10.4 Å². The Labute approximate surface area is 206 Å². The van der Waals surface area contributed by atoms with Crippen LogP contribution in [0.2, 0.25) is 0 Å². The van der Waals surface area contributed by atoms with E-state index in [-0.39, 0.29) is 11.3 Å². The quantitative estimate of drug-likeness (QED) is 0.266. The van der Waals surface area contributed by atoms with Crippen molar-refractivity contribution in [3.63, 3.8) is 0 Å². The molecule has 0 atom stereocenters. The van der Waals surface area contributed by atoms with Gasteiger partial charge in [0.1, 0.15) is 5.69 Å². The van der Waals surface area contributed by atoms with Crippen LogP contribution < -0.4 is 10.2 Å². The topological polar surface area (TPSA) is 124 Å². The van der Waals surface area contributed by atoms with Gasteiger partial charge in [0.05, 0.1) is 29.4 Å². The second-order valence-corrected chi connectivity index (χ2v) is 9.01. The number of esters is 1. The number of hydrogen-bond acceptors (Lipinski definition) is 9. The smallest absolute Gasteiger partial charge is 0.338 e. The van der Waals surface area contributed by atoms with E-state index >= 15 is 0 Å². The average Bonchev–Trinajstić information content (AvgIpc) is 3.31. The molecule has 1 saturated heterocycles. The van der Waals surface area contributed by atoms with Gasteiger partial charge in [0.15, 0.2) is 11.7 Å². The highest BCUT2D eigenvalue weighted by molar-refractivity contribution is 9.10. The maximum absolute atomic E-state index is 12.4. The summed E-state index contributed by atoms with van der Waals surface area (Å²) < 4.78 is 11.2. The second kappa shape index (κ2) is 10.7. The number of aromatic nitrogens is 1. The van der Waals surface area contributed by atoms with Gasteiger partial charge in [0, 0.05) is 34.6 Å². The van der Waals surface area contributed by atoms with Gasteiger partial charge in [-0.3, -0.25) is 20.2 Å². The minimum Gasteiger partial charge on any atom is -0.452 e. The number of nitro benzene ring substituents is 1. The molecule has 12 heteroatoms. The molecule has 1 aromatic heterocycles. The normalized spacial score (nSPS) is 13.4. The number of rotatable bonds is 7. The summed E-state index contributed by atoms with van der Waals surface area (Å²) in [7, 11) is 0. The molecule has 176 valence electrons. The lowest BCUT2D eigenvalue weighted by molar-refractivity contribution is -0.384. The Balaban J connectivity index is 1.36. The van der Waals surface area contributed by atoms with E-state index in [9.17, 15) is 19.7 Å². The SMILES string of the molecule is O=C(COC(=O)c1ccc(N2CCOCC2)c([N+](=O)[O-])c1)Nc1nc(-c2cccc(Br)c2)cs1. The van der Waals surface area contributed by atoms with Crippen molar-refractivity contribution in [2.45, 2.75) is 0 Å². The molecular formula is C22H19BrN4O6S. The van der Waals surface area contributed by atoms with E-state index in [0.29, 0.717) is 42.8 Å². The number of nitrogens with zero attached hydrogens (tertiary/aromatic N) is 3. The van der Waals surface area contributed by atoms with Gasteiger partial charge in [-0.25, -0.2) is 9.78 Å². The number of hydrogen-bond donors (Lipinski definition) is 1. The van der Waals surface area contributed by atoms with Crippen LogP contribution >= 0.6 is 27.3 Å². The summed E-state index contributed by atoms with van der Waals surface area (Å²) >= 11 is 4.65. The highest BCUT2D eigenvalue weighted by Crippen LogP contribution is 2.30. The van der Waals surface area contributed by atoms with Crippen molar-refractivity contribution in [1.29, 1.82) is 0 Å². The summed E-state index contributed by atoms with van der Waals surface area (Å²) in [5.41, 5.74) is 1.78. The molecule has 0 radical (unpaired) electrons. The van der Waals surface area contributed by atoms with E-state index in [0.717, 1.165) is 16.1 Å². The molecule has 1 amide bonds. The molecule has 1 fully saturated rings. The van der Waals surface area contributed by atoms with Crippen molar-refractivity contribution in [3.8, 4) is 11.3 Å². The number of thiazole rings is 1. The molecule has 10 nitrogen and oxygen atoms in total. The minimum absolute atomic E-state index is 0.0114. The zero-order valence-electron chi connectivity index (χ0n) is 17.7. The monoisotopic (exact) mass is 546 g/mol. The van der Waals surface area contributed by atoms with Crippen molar-refractivity contribution < 1.29 is 24.0 Å². The van der Waals surface area contributed by atoms with E-state index in [1.807, 2.05) is 29.2 Å². The first-order chi connectivity index (χ1) is 16.4. The fourth-order valence-corrected chi connectivity index (χ4v) is 4.48. The van der Waals surface area contributed by atoms with Gasteiger partial charge in [-0.15, -0.1) is 11.3 Å². The molecule has 2 aromatic carbocycles. The van der Waals surface area contributed by atoms with Crippen LogP contribution in [0.5, 0.6) is 0 Å². The van der Waals surface area contributed by atoms with Gasteiger partial charge in [-0.1, -0.05) is 28.1 Å². The Morgan fingerprint density at radius 2 is 2.03 bits per heavy atom. The largest absolute Gasteiger partial charge is 0.452 e. The highest BCUT2D eigenvalue weighted by Gasteiger charge is 2.24. The first-order valence-corrected chi connectivity index (χ1v) is 11.9. The summed E-state index contributed by atoms with van der Waals surface area (Å²) in [5, 5.41) is 16.3. The van der Waals surface area contributed by atoms with Crippen LogP contribution in [0, 0.1) is 10.1 Å². The average molecular weight is 547 g/mol. The molecule has 2 heterocycles. The number of amides is 1. The molecule has 0 unspecified atom stereocenters.